The van der Waals surface area contributed by atoms with Gasteiger partial charge in [-0.2, -0.15) is 0 Å². The number of hydrogen-bond donors (Lipinski definition) is 5. The summed E-state index contributed by atoms with van der Waals surface area (Å²) in [5, 5.41) is 20.4. The fourth-order valence-electron chi connectivity index (χ4n) is 1.04. The highest BCUT2D eigenvalue weighted by Gasteiger charge is 2.36. The Balaban J connectivity index is 4.60. The maximum Gasteiger partial charge on any atom is 0.469 e. The van der Waals surface area contributed by atoms with Crippen LogP contribution in [-0.2, 0) is 18.7 Å². The number of hydrogen-bond acceptors (Lipinski definition) is 5. The largest absolute Gasteiger partial charge is 0.480 e. The molecule has 0 aromatic carbocycles. The van der Waals surface area contributed by atoms with Crippen molar-refractivity contribution in [1.29, 1.82) is 0 Å². The molecule has 0 rings (SSSR count). The highest BCUT2D eigenvalue weighted by atomic mass is 31.2. The lowest BCUT2D eigenvalue weighted by atomic mass is 9.87. The lowest BCUT2D eigenvalue weighted by Gasteiger charge is -2.29. The van der Waals surface area contributed by atoms with E-state index < -0.39 is 43.9 Å². The molecule has 19 heavy (non-hydrogen) atoms. The fraction of sp³-hybridized carbons (Fsp3) is 0.778. The molecule has 0 aromatic rings. The summed E-state index contributed by atoms with van der Waals surface area (Å²) >= 11 is 0. The summed E-state index contributed by atoms with van der Waals surface area (Å²) in [5.41, 5.74) is -1.30. The number of carboxylic acid groups (broad SMARTS) is 1. The Hall–Kier alpha value is -0.990. The first-order chi connectivity index (χ1) is 8.37. The SMILES string of the molecule is CC(NC(=O)C(O)C(C)(C)COP(=O)(O)O)C(=O)O. The summed E-state index contributed by atoms with van der Waals surface area (Å²) in [6, 6.07) is -1.19. The number of rotatable bonds is 7. The third-order valence-electron chi connectivity index (χ3n) is 2.32. The van der Waals surface area contributed by atoms with Gasteiger partial charge in [0.2, 0.25) is 5.91 Å². The molecular formula is C9H18NO8P. The van der Waals surface area contributed by atoms with Gasteiger partial charge in [0.15, 0.2) is 0 Å². The van der Waals surface area contributed by atoms with E-state index in [1.807, 2.05) is 5.32 Å². The third-order valence-corrected chi connectivity index (χ3v) is 2.79. The summed E-state index contributed by atoms with van der Waals surface area (Å²) in [6.45, 7) is 3.33. The second-order valence-electron chi connectivity index (χ2n) is 4.72. The molecule has 0 saturated heterocycles. The second kappa shape index (κ2) is 6.44. The number of aliphatic hydroxyl groups excluding tert-OH is 1. The molecule has 0 aromatic heterocycles. The van der Waals surface area contributed by atoms with Crippen LogP contribution in [-0.4, -0.2) is 50.6 Å². The van der Waals surface area contributed by atoms with E-state index >= 15 is 0 Å². The lowest BCUT2D eigenvalue weighted by Crippen LogP contribution is -2.50. The molecule has 9 nitrogen and oxygen atoms in total. The van der Waals surface area contributed by atoms with Gasteiger partial charge in [-0.15, -0.1) is 0 Å². The average Bonchev–Trinajstić information content (AvgIpc) is 2.24. The van der Waals surface area contributed by atoms with E-state index in [0.717, 1.165) is 0 Å². The van der Waals surface area contributed by atoms with E-state index in [4.69, 9.17) is 14.9 Å². The fourth-order valence-corrected chi connectivity index (χ4v) is 1.54. The first kappa shape index (κ1) is 18.0. The zero-order chi connectivity index (χ0) is 15.4. The van der Waals surface area contributed by atoms with Crippen molar-refractivity contribution in [2.24, 2.45) is 5.41 Å². The maximum atomic E-state index is 11.6. The van der Waals surface area contributed by atoms with Crippen molar-refractivity contribution >= 4 is 19.7 Å². The molecule has 1 amide bonds. The van der Waals surface area contributed by atoms with Crippen LogP contribution >= 0.6 is 7.82 Å². The van der Waals surface area contributed by atoms with Crippen molar-refractivity contribution in [1.82, 2.24) is 5.32 Å². The Morgan fingerprint density at radius 3 is 2.21 bits per heavy atom. The summed E-state index contributed by atoms with van der Waals surface area (Å²) in [4.78, 5) is 39.2. The van der Waals surface area contributed by atoms with Crippen molar-refractivity contribution in [3.63, 3.8) is 0 Å². The molecule has 0 spiro atoms. The van der Waals surface area contributed by atoms with Gasteiger partial charge in [-0.05, 0) is 6.92 Å². The summed E-state index contributed by atoms with van der Waals surface area (Å²) in [6.07, 6.45) is -1.68. The van der Waals surface area contributed by atoms with Crippen LogP contribution in [0.2, 0.25) is 0 Å². The van der Waals surface area contributed by atoms with Crippen LogP contribution in [0.25, 0.3) is 0 Å². The Bertz CT molecular complexity index is 390. The Labute approximate surface area is 109 Å². The van der Waals surface area contributed by atoms with Gasteiger partial charge in [0.25, 0.3) is 0 Å². The summed E-state index contributed by atoms with van der Waals surface area (Å²) in [7, 11) is -4.71. The minimum absolute atomic E-state index is 0.576. The average molecular weight is 299 g/mol. The van der Waals surface area contributed by atoms with Crippen LogP contribution < -0.4 is 5.32 Å². The van der Waals surface area contributed by atoms with Gasteiger partial charge in [0.05, 0.1) is 6.61 Å². The maximum absolute atomic E-state index is 11.6. The zero-order valence-corrected chi connectivity index (χ0v) is 11.6. The van der Waals surface area contributed by atoms with Gasteiger partial charge in [-0.25, -0.2) is 4.57 Å². The number of aliphatic hydroxyl groups is 1. The standard InChI is InChI=1S/C9H18NO8P/c1-5(8(13)14)10-7(12)6(11)9(2,3)4-18-19(15,16)17/h5-6,11H,4H2,1-3H3,(H,10,12)(H,13,14)(H2,15,16,17). The van der Waals surface area contributed by atoms with Gasteiger partial charge < -0.3 is 25.3 Å². The molecule has 0 aliphatic rings. The van der Waals surface area contributed by atoms with Crippen molar-refractivity contribution in [3.05, 3.63) is 0 Å². The van der Waals surface area contributed by atoms with Crippen LogP contribution in [0.5, 0.6) is 0 Å². The normalized spacial score (nSPS) is 15.7. The molecule has 0 aliphatic heterocycles. The van der Waals surface area contributed by atoms with Crippen LogP contribution in [0.4, 0.5) is 0 Å². The number of carbonyl (C=O) groups excluding carboxylic acids is 1. The highest BCUT2D eigenvalue weighted by molar-refractivity contribution is 7.46. The van der Waals surface area contributed by atoms with Crippen molar-refractivity contribution < 1.29 is 38.7 Å². The van der Waals surface area contributed by atoms with Crippen LogP contribution in [0.3, 0.4) is 0 Å². The molecule has 112 valence electrons. The smallest absolute Gasteiger partial charge is 0.469 e. The van der Waals surface area contributed by atoms with Crippen LogP contribution in [0, 0.1) is 5.41 Å². The number of phosphoric acid groups is 1. The monoisotopic (exact) mass is 299 g/mol. The molecule has 2 atom stereocenters. The van der Waals surface area contributed by atoms with E-state index in [9.17, 15) is 19.3 Å². The molecule has 2 unspecified atom stereocenters. The van der Waals surface area contributed by atoms with E-state index in [1.165, 1.54) is 20.8 Å². The lowest BCUT2D eigenvalue weighted by molar-refractivity contribution is -0.145. The van der Waals surface area contributed by atoms with E-state index in [1.54, 1.807) is 0 Å². The van der Waals surface area contributed by atoms with Crippen molar-refractivity contribution in [2.75, 3.05) is 6.61 Å². The summed E-state index contributed by atoms with van der Waals surface area (Å²) < 4.78 is 14.8. The molecular weight excluding hydrogens is 281 g/mol. The number of phosphoric ester groups is 1. The molecule has 0 bridgehead atoms. The minimum atomic E-state index is -4.71. The molecule has 0 heterocycles. The number of nitrogens with one attached hydrogen (secondary N) is 1. The third kappa shape index (κ3) is 6.65. The highest BCUT2D eigenvalue weighted by Crippen LogP contribution is 2.38. The Morgan fingerprint density at radius 1 is 1.37 bits per heavy atom. The zero-order valence-electron chi connectivity index (χ0n) is 10.7. The minimum Gasteiger partial charge on any atom is -0.480 e. The van der Waals surface area contributed by atoms with Gasteiger partial charge in [-0.1, -0.05) is 13.8 Å². The number of carboxylic acids is 1. The molecule has 0 radical (unpaired) electrons. The molecule has 0 saturated carbocycles. The van der Waals surface area contributed by atoms with Crippen molar-refractivity contribution in [2.45, 2.75) is 32.9 Å². The number of aliphatic carboxylic acids is 1. The Kier molecular flexibility index (Phi) is 6.11. The number of carbonyl (C=O) groups is 2. The van der Waals surface area contributed by atoms with E-state index in [0.29, 0.717) is 0 Å². The molecule has 0 fully saturated rings. The van der Waals surface area contributed by atoms with Crippen molar-refractivity contribution in [3.8, 4) is 0 Å². The predicted molar refractivity (Wildman–Crippen MR) is 63.0 cm³/mol. The molecule has 10 heteroatoms. The van der Waals surface area contributed by atoms with Crippen LogP contribution in [0.1, 0.15) is 20.8 Å². The van der Waals surface area contributed by atoms with Gasteiger partial charge in [0.1, 0.15) is 12.1 Å². The van der Waals surface area contributed by atoms with E-state index in [2.05, 4.69) is 4.52 Å². The van der Waals surface area contributed by atoms with Gasteiger partial charge in [0, 0.05) is 5.41 Å². The predicted octanol–water partition coefficient (Wildman–Crippen LogP) is -0.928. The van der Waals surface area contributed by atoms with Gasteiger partial charge >= 0.3 is 13.8 Å². The topological polar surface area (TPSA) is 153 Å². The quantitative estimate of drug-likeness (QED) is 0.378. The Morgan fingerprint density at radius 2 is 1.84 bits per heavy atom. The summed E-state index contributed by atoms with van der Waals surface area (Å²) in [5.74, 6) is -2.24. The molecule has 5 N–H and O–H groups in total. The second-order valence-corrected chi connectivity index (χ2v) is 5.96. The molecule has 0 aliphatic carbocycles. The van der Waals surface area contributed by atoms with Gasteiger partial charge in [-0.3, -0.25) is 14.1 Å². The van der Waals surface area contributed by atoms with E-state index in [-0.39, 0.29) is 0 Å². The number of amides is 1. The first-order valence-corrected chi connectivity index (χ1v) is 6.81. The first-order valence-electron chi connectivity index (χ1n) is 5.28. The van der Waals surface area contributed by atoms with Crippen LogP contribution in [0.15, 0.2) is 0 Å².